The Bertz CT molecular complexity index is 1420. The van der Waals surface area contributed by atoms with E-state index in [0.29, 0.717) is 31.0 Å². The summed E-state index contributed by atoms with van der Waals surface area (Å²) >= 11 is 0. The lowest BCUT2D eigenvalue weighted by Crippen LogP contribution is -2.49. The van der Waals surface area contributed by atoms with Crippen molar-refractivity contribution >= 4 is 54.1 Å². The first-order chi connectivity index (χ1) is 18.9. The van der Waals surface area contributed by atoms with Gasteiger partial charge in [-0.25, -0.2) is 9.97 Å². The van der Waals surface area contributed by atoms with E-state index < -0.39 is 6.98 Å². The van der Waals surface area contributed by atoms with Gasteiger partial charge in [-0.15, -0.1) is 37.2 Å². The molecule has 2 fully saturated rings. The van der Waals surface area contributed by atoms with Crippen molar-refractivity contribution in [2.45, 2.75) is 37.8 Å². The Morgan fingerprint density at radius 2 is 1.46 bits per heavy atom. The number of anilines is 1. The highest BCUT2D eigenvalue weighted by Gasteiger charge is 2.29. The number of nitrogens with zero attached hydrogens (tertiary/aromatic N) is 5. The van der Waals surface area contributed by atoms with Crippen LogP contribution in [0.15, 0.2) is 67.1 Å². The Kier molecular flexibility index (Phi) is 9.35. The number of aromatic nitrogens is 3. The van der Waals surface area contributed by atoms with Crippen LogP contribution in [0.25, 0.3) is 22.2 Å². The molecule has 10 heteroatoms. The first-order valence-electron chi connectivity index (χ1n) is 14.3. The number of halogens is 3. The first-order valence-corrected chi connectivity index (χ1v) is 12.8. The molecular formula is C29H37Cl3N6O. The van der Waals surface area contributed by atoms with Crippen LogP contribution in [0.4, 0.5) is 5.82 Å². The van der Waals surface area contributed by atoms with Gasteiger partial charge in [0.15, 0.2) is 0 Å². The van der Waals surface area contributed by atoms with Gasteiger partial charge in [-0.05, 0) is 62.5 Å². The van der Waals surface area contributed by atoms with Gasteiger partial charge in [0.2, 0.25) is 0 Å². The molecule has 3 heterocycles. The molecule has 2 N–H and O–H groups in total. The summed E-state index contributed by atoms with van der Waals surface area (Å²) in [6, 6.07) is 18.6. The van der Waals surface area contributed by atoms with Crippen LogP contribution >= 0.6 is 37.2 Å². The van der Waals surface area contributed by atoms with Crippen LogP contribution in [0.2, 0.25) is 0 Å². The molecule has 1 aliphatic heterocycles. The van der Waals surface area contributed by atoms with E-state index in [2.05, 4.69) is 37.8 Å². The van der Waals surface area contributed by atoms with Crippen LogP contribution in [0.1, 0.15) is 35.8 Å². The van der Waals surface area contributed by atoms with Crippen molar-refractivity contribution in [3.63, 3.8) is 0 Å². The molecule has 1 saturated heterocycles. The molecule has 0 unspecified atom stereocenters. The second-order valence-electron chi connectivity index (χ2n) is 9.83. The molecule has 0 amide bonds. The van der Waals surface area contributed by atoms with E-state index in [0.717, 1.165) is 72.4 Å². The molecule has 4 aromatic rings. The monoisotopic (exact) mass is 593 g/mol. The zero-order valence-corrected chi connectivity index (χ0v) is 24.1. The summed E-state index contributed by atoms with van der Waals surface area (Å²) in [6.07, 6.45) is 7.98. The van der Waals surface area contributed by atoms with E-state index in [1.807, 2.05) is 42.5 Å². The van der Waals surface area contributed by atoms with Gasteiger partial charge in [0.1, 0.15) is 29.3 Å². The zero-order valence-electron chi connectivity index (χ0n) is 24.6. The van der Waals surface area contributed by atoms with E-state index in [-0.39, 0.29) is 37.2 Å². The molecule has 210 valence electrons. The van der Waals surface area contributed by atoms with Gasteiger partial charge in [-0.3, -0.25) is 4.90 Å². The third-order valence-corrected chi connectivity index (χ3v) is 7.67. The number of rotatable bonds is 5. The van der Waals surface area contributed by atoms with E-state index in [9.17, 15) is 0 Å². The van der Waals surface area contributed by atoms with Gasteiger partial charge >= 0.3 is 0 Å². The lowest BCUT2D eigenvalue weighted by Gasteiger charge is -2.41. The Morgan fingerprint density at radius 1 is 0.821 bits per heavy atom. The fraction of sp³-hybridized carbons (Fsp3) is 0.379. The van der Waals surface area contributed by atoms with Gasteiger partial charge < -0.3 is 19.9 Å². The highest BCUT2D eigenvalue weighted by molar-refractivity contribution is 6.00. The second kappa shape index (κ2) is 13.7. The van der Waals surface area contributed by atoms with Gasteiger partial charge in [-0.2, -0.15) is 0 Å². The SMILES string of the molecule is Cl.Cl.Cl.[2H]C([2H])([2H])N1CCN(C2CCC(n3cc(-c4ccc(Oc5ccccc5)cc4)c4c(N)ncnc43)CC2)CC1. The minimum absolute atomic E-state index is 0. The molecular weight excluding hydrogens is 555 g/mol. The Balaban J connectivity index is 0.00000161. The number of fused-ring (bicyclic) bond motifs is 1. The van der Waals surface area contributed by atoms with Crippen molar-refractivity contribution in [3.05, 3.63) is 67.1 Å². The number of likely N-dealkylation sites (N-methyl/N-ethyl adjacent to an activating group) is 1. The fourth-order valence-corrected chi connectivity index (χ4v) is 5.72. The second-order valence-corrected chi connectivity index (χ2v) is 9.83. The minimum Gasteiger partial charge on any atom is -0.457 e. The average Bonchev–Trinajstić information content (AvgIpc) is 3.35. The number of ether oxygens (including phenoxy) is 1. The van der Waals surface area contributed by atoms with Crippen molar-refractivity contribution in [3.8, 4) is 22.6 Å². The summed E-state index contributed by atoms with van der Waals surface area (Å²) in [5.74, 6) is 2.06. The number of hydrogen-bond donors (Lipinski definition) is 1. The molecule has 0 bridgehead atoms. The fourth-order valence-electron chi connectivity index (χ4n) is 5.72. The largest absolute Gasteiger partial charge is 0.457 e. The molecule has 0 radical (unpaired) electrons. The quantitative estimate of drug-likeness (QED) is 0.286. The van der Waals surface area contributed by atoms with E-state index in [4.69, 9.17) is 14.6 Å². The maximum atomic E-state index is 7.67. The summed E-state index contributed by atoms with van der Waals surface area (Å²) in [7, 11) is 0. The van der Waals surface area contributed by atoms with E-state index >= 15 is 0 Å². The molecule has 2 aromatic heterocycles. The summed E-state index contributed by atoms with van der Waals surface area (Å²) in [5.41, 5.74) is 9.33. The summed E-state index contributed by atoms with van der Waals surface area (Å²) in [6.45, 7) is 0.854. The molecule has 1 saturated carbocycles. The van der Waals surface area contributed by atoms with Crippen LogP contribution in [0, 0.1) is 0 Å². The lowest BCUT2D eigenvalue weighted by molar-refractivity contribution is 0.0828. The predicted molar refractivity (Wildman–Crippen MR) is 166 cm³/mol. The number of piperazine rings is 1. The number of para-hydroxylation sites is 1. The molecule has 6 rings (SSSR count). The maximum Gasteiger partial charge on any atom is 0.146 e. The highest BCUT2D eigenvalue weighted by atomic mass is 35.5. The van der Waals surface area contributed by atoms with Crippen molar-refractivity contribution in [2.75, 3.05) is 38.9 Å². The smallest absolute Gasteiger partial charge is 0.146 e. The molecule has 0 spiro atoms. The minimum atomic E-state index is -1.99. The Labute approximate surface area is 253 Å². The standard InChI is InChI=1S/C29H34N6O.3ClH/c1-33-15-17-34(18-16-33)22-9-11-23(12-10-22)35-19-26(27-28(30)31-20-32-29(27)35)21-7-13-25(14-8-21)36-24-5-3-2-4-6-24;;;/h2-8,13-14,19-20,22-23H,9-12,15-18H2,1H3,(H2,30,31,32);3*1H/i1D3;;;. The average molecular weight is 595 g/mol. The third-order valence-electron chi connectivity index (χ3n) is 7.67. The highest BCUT2D eigenvalue weighted by Crippen LogP contribution is 2.39. The number of hydrogen-bond acceptors (Lipinski definition) is 6. The topological polar surface area (TPSA) is 72.4 Å². The van der Waals surface area contributed by atoms with Crippen LogP contribution in [0.3, 0.4) is 0 Å². The molecule has 2 aromatic carbocycles. The van der Waals surface area contributed by atoms with E-state index in [1.54, 1.807) is 11.2 Å². The van der Waals surface area contributed by atoms with Gasteiger partial charge in [0.05, 0.1) is 5.39 Å². The summed E-state index contributed by atoms with van der Waals surface area (Å²) in [4.78, 5) is 13.1. The molecule has 39 heavy (non-hydrogen) atoms. The van der Waals surface area contributed by atoms with Crippen molar-refractivity contribution in [1.82, 2.24) is 24.3 Å². The van der Waals surface area contributed by atoms with Crippen molar-refractivity contribution in [2.24, 2.45) is 0 Å². The van der Waals surface area contributed by atoms with Crippen LogP contribution < -0.4 is 10.5 Å². The van der Waals surface area contributed by atoms with E-state index in [1.165, 1.54) is 0 Å². The number of nitrogens with two attached hydrogens (primary N) is 1. The Morgan fingerprint density at radius 3 is 2.13 bits per heavy atom. The number of benzene rings is 2. The van der Waals surface area contributed by atoms with Crippen molar-refractivity contribution in [1.29, 1.82) is 0 Å². The lowest BCUT2D eigenvalue weighted by atomic mass is 9.89. The van der Waals surface area contributed by atoms with Crippen molar-refractivity contribution < 1.29 is 8.85 Å². The Hall–Kier alpha value is -2.55. The normalized spacial score (nSPS) is 21.4. The molecule has 0 atom stereocenters. The van der Waals surface area contributed by atoms with Crippen LogP contribution in [-0.4, -0.2) is 63.5 Å². The molecule has 2 aliphatic rings. The summed E-state index contributed by atoms with van der Waals surface area (Å²) in [5, 5.41) is 0.886. The maximum absolute atomic E-state index is 7.67. The van der Waals surface area contributed by atoms with Crippen LogP contribution in [-0.2, 0) is 0 Å². The first kappa shape index (κ1) is 26.7. The summed E-state index contributed by atoms with van der Waals surface area (Å²) < 4.78 is 31.3. The molecule has 1 aliphatic carbocycles. The number of nitrogen functional groups attached to an aromatic ring is 1. The zero-order chi connectivity index (χ0) is 27.0. The van der Waals surface area contributed by atoms with Crippen LogP contribution in [0.5, 0.6) is 11.5 Å². The van der Waals surface area contributed by atoms with Gasteiger partial charge in [0, 0.05) is 54.1 Å². The van der Waals surface area contributed by atoms with Gasteiger partial charge in [0.25, 0.3) is 0 Å². The third kappa shape index (κ3) is 6.61. The van der Waals surface area contributed by atoms with Gasteiger partial charge in [-0.1, -0.05) is 30.3 Å². The predicted octanol–water partition coefficient (Wildman–Crippen LogP) is 6.47. The molecule has 7 nitrogen and oxygen atoms in total.